The van der Waals surface area contributed by atoms with Gasteiger partial charge in [-0.05, 0) is 6.42 Å². The molecule has 0 unspecified atom stereocenters. The molecule has 2 aliphatic heterocycles. The molecular weight excluding hydrogens is 298 g/mol. The van der Waals surface area contributed by atoms with Gasteiger partial charge in [-0.2, -0.15) is 0 Å². The van der Waals surface area contributed by atoms with Crippen LogP contribution < -0.4 is 5.32 Å². The molecular formula is C15H19N5O3. The van der Waals surface area contributed by atoms with Crippen LogP contribution in [-0.2, 0) is 9.59 Å². The lowest BCUT2D eigenvalue weighted by Gasteiger charge is -2.28. The summed E-state index contributed by atoms with van der Waals surface area (Å²) in [6, 6.07) is -0.559. The SMILES string of the molecule is CNC(=O)[C@H]1C[C@@H]2CN(C(=O)c3cnccn3)C[C@@H]2N1C(C)=O. The Morgan fingerprint density at radius 2 is 2.04 bits per heavy atom. The minimum atomic E-state index is -0.443. The van der Waals surface area contributed by atoms with E-state index in [0.717, 1.165) is 0 Å². The van der Waals surface area contributed by atoms with Crippen LogP contribution in [0.1, 0.15) is 23.8 Å². The third-order valence-corrected chi connectivity index (χ3v) is 4.61. The molecule has 0 aromatic carbocycles. The molecule has 0 bridgehead atoms. The average molecular weight is 317 g/mol. The van der Waals surface area contributed by atoms with E-state index in [1.807, 2.05) is 0 Å². The monoisotopic (exact) mass is 317 g/mol. The topological polar surface area (TPSA) is 95.5 Å². The van der Waals surface area contributed by atoms with Gasteiger partial charge in [0.05, 0.1) is 12.2 Å². The van der Waals surface area contributed by atoms with Crippen molar-refractivity contribution < 1.29 is 14.4 Å². The average Bonchev–Trinajstić information content (AvgIpc) is 3.11. The van der Waals surface area contributed by atoms with Gasteiger partial charge in [-0.15, -0.1) is 0 Å². The third-order valence-electron chi connectivity index (χ3n) is 4.61. The number of aromatic nitrogens is 2. The minimum absolute atomic E-state index is 0.113. The van der Waals surface area contributed by atoms with Crippen LogP contribution in [0.3, 0.4) is 0 Å². The van der Waals surface area contributed by atoms with E-state index >= 15 is 0 Å². The lowest BCUT2D eigenvalue weighted by Crippen LogP contribution is -2.49. The first-order valence-electron chi connectivity index (χ1n) is 7.58. The van der Waals surface area contributed by atoms with E-state index in [1.54, 1.807) is 16.8 Å². The van der Waals surface area contributed by atoms with Crippen LogP contribution in [0.25, 0.3) is 0 Å². The molecule has 1 N–H and O–H groups in total. The fourth-order valence-electron chi connectivity index (χ4n) is 3.62. The van der Waals surface area contributed by atoms with Crippen molar-refractivity contribution in [2.75, 3.05) is 20.1 Å². The number of carbonyl (C=O) groups excluding carboxylic acids is 3. The highest BCUT2D eigenvalue weighted by molar-refractivity contribution is 5.92. The molecule has 3 heterocycles. The summed E-state index contributed by atoms with van der Waals surface area (Å²) < 4.78 is 0. The van der Waals surface area contributed by atoms with Crippen LogP contribution in [0, 0.1) is 5.92 Å². The van der Waals surface area contributed by atoms with Gasteiger partial charge in [0.2, 0.25) is 11.8 Å². The number of nitrogens with one attached hydrogen (secondary N) is 1. The van der Waals surface area contributed by atoms with Crippen molar-refractivity contribution in [3.8, 4) is 0 Å². The van der Waals surface area contributed by atoms with Gasteiger partial charge >= 0.3 is 0 Å². The van der Waals surface area contributed by atoms with Crippen molar-refractivity contribution >= 4 is 17.7 Å². The quantitative estimate of drug-likeness (QED) is 0.777. The molecule has 0 saturated carbocycles. The van der Waals surface area contributed by atoms with E-state index in [4.69, 9.17) is 0 Å². The number of nitrogens with zero attached hydrogens (tertiary/aromatic N) is 4. The number of hydrogen-bond donors (Lipinski definition) is 1. The summed E-state index contributed by atoms with van der Waals surface area (Å²) in [5, 5.41) is 2.61. The second kappa shape index (κ2) is 5.94. The normalized spacial score (nSPS) is 26.1. The maximum Gasteiger partial charge on any atom is 0.274 e. The lowest BCUT2D eigenvalue weighted by molar-refractivity contribution is -0.138. The van der Waals surface area contributed by atoms with Crippen LogP contribution in [-0.4, -0.2) is 69.7 Å². The highest BCUT2D eigenvalue weighted by Gasteiger charge is 2.50. The predicted octanol–water partition coefficient (Wildman–Crippen LogP) is -0.716. The molecule has 2 aliphatic rings. The fourth-order valence-corrected chi connectivity index (χ4v) is 3.62. The van der Waals surface area contributed by atoms with E-state index in [0.29, 0.717) is 25.2 Å². The Bertz CT molecular complexity index is 635. The van der Waals surface area contributed by atoms with Gasteiger partial charge in [0.1, 0.15) is 11.7 Å². The zero-order chi connectivity index (χ0) is 16.6. The van der Waals surface area contributed by atoms with Crippen molar-refractivity contribution in [3.63, 3.8) is 0 Å². The molecule has 1 aromatic heterocycles. The Balaban J connectivity index is 1.76. The van der Waals surface area contributed by atoms with Gasteiger partial charge in [0, 0.05) is 45.4 Å². The molecule has 8 heteroatoms. The first-order valence-corrected chi connectivity index (χ1v) is 7.58. The highest BCUT2D eigenvalue weighted by atomic mass is 16.2. The third kappa shape index (κ3) is 2.64. The molecule has 0 aliphatic carbocycles. The first-order chi connectivity index (χ1) is 11.0. The molecule has 23 heavy (non-hydrogen) atoms. The van der Waals surface area contributed by atoms with Crippen molar-refractivity contribution in [2.45, 2.75) is 25.4 Å². The molecule has 3 amide bonds. The number of likely N-dealkylation sites (N-methyl/N-ethyl adjacent to an activating group) is 1. The zero-order valence-electron chi connectivity index (χ0n) is 13.1. The number of hydrogen-bond acceptors (Lipinski definition) is 5. The van der Waals surface area contributed by atoms with Crippen molar-refractivity contribution in [2.24, 2.45) is 5.92 Å². The molecule has 122 valence electrons. The summed E-state index contributed by atoms with van der Waals surface area (Å²) in [4.78, 5) is 47.7. The molecule has 3 atom stereocenters. The smallest absolute Gasteiger partial charge is 0.274 e. The number of amides is 3. The van der Waals surface area contributed by atoms with E-state index in [-0.39, 0.29) is 29.7 Å². The van der Waals surface area contributed by atoms with Gasteiger partial charge in [-0.3, -0.25) is 19.4 Å². The molecule has 0 spiro atoms. The second-order valence-electron chi connectivity index (χ2n) is 5.92. The van der Waals surface area contributed by atoms with Crippen LogP contribution in [0.4, 0.5) is 0 Å². The fraction of sp³-hybridized carbons (Fsp3) is 0.533. The molecule has 8 nitrogen and oxygen atoms in total. The van der Waals surface area contributed by atoms with Gasteiger partial charge in [-0.1, -0.05) is 0 Å². The van der Waals surface area contributed by atoms with Crippen molar-refractivity contribution in [1.29, 1.82) is 0 Å². The summed E-state index contributed by atoms with van der Waals surface area (Å²) in [5.74, 6) is -0.365. The summed E-state index contributed by atoms with van der Waals surface area (Å²) in [7, 11) is 1.57. The summed E-state index contributed by atoms with van der Waals surface area (Å²) in [5.41, 5.74) is 0.296. The van der Waals surface area contributed by atoms with Gasteiger partial charge in [0.25, 0.3) is 5.91 Å². The second-order valence-corrected chi connectivity index (χ2v) is 5.92. The Morgan fingerprint density at radius 1 is 1.26 bits per heavy atom. The van der Waals surface area contributed by atoms with Gasteiger partial charge in [-0.25, -0.2) is 4.98 Å². The number of rotatable bonds is 2. The van der Waals surface area contributed by atoms with E-state index in [2.05, 4.69) is 15.3 Å². The van der Waals surface area contributed by atoms with E-state index < -0.39 is 6.04 Å². The zero-order valence-corrected chi connectivity index (χ0v) is 13.1. The first kappa shape index (κ1) is 15.4. The summed E-state index contributed by atoms with van der Waals surface area (Å²) >= 11 is 0. The van der Waals surface area contributed by atoms with E-state index in [1.165, 1.54) is 25.5 Å². The Hall–Kier alpha value is -2.51. The molecule has 2 fully saturated rings. The predicted molar refractivity (Wildman–Crippen MR) is 80.2 cm³/mol. The van der Waals surface area contributed by atoms with Crippen LogP contribution >= 0.6 is 0 Å². The maximum atomic E-state index is 12.5. The standard InChI is InChI=1S/C15H19N5O3/c1-9(21)20-12(14(22)16-2)5-10-7-19(8-13(10)20)15(23)11-6-17-3-4-18-11/h3-4,6,10,12-13H,5,7-8H2,1-2H3,(H,16,22)/t10-,12-,13+/m1/s1. The number of fused-ring (bicyclic) bond motifs is 1. The van der Waals surface area contributed by atoms with Gasteiger partial charge < -0.3 is 15.1 Å². The molecule has 1 aromatic rings. The van der Waals surface area contributed by atoms with Gasteiger partial charge in [0.15, 0.2) is 0 Å². The van der Waals surface area contributed by atoms with Crippen LogP contribution in [0.5, 0.6) is 0 Å². The lowest BCUT2D eigenvalue weighted by atomic mass is 10.0. The number of likely N-dealkylation sites (tertiary alicyclic amines) is 2. The molecule has 0 radical (unpaired) electrons. The number of carbonyl (C=O) groups is 3. The summed E-state index contributed by atoms with van der Waals surface area (Å²) in [6.07, 6.45) is 5.01. The Kier molecular flexibility index (Phi) is 3.97. The minimum Gasteiger partial charge on any atom is -0.357 e. The van der Waals surface area contributed by atoms with Crippen LogP contribution in [0.2, 0.25) is 0 Å². The van der Waals surface area contributed by atoms with Crippen LogP contribution in [0.15, 0.2) is 18.6 Å². The highest BCUT2D eigenvalue weighted by Crippen LogP contribution is 2.36. The van der Waals surface area contributed by atoms with Crippen molar-refractivity contribution in [1.82, 2.24) is 25.1 Å². The molecule has 3 rings (SSSR count). The van der Waals surface area contributed by atoms with Crippen molar-refractivity contribution in [3.05, 3.63) is 24.3 Å². The largest absolute Gasteiger partial charge is 0.357 e. The molecule has 2 saturated heterocycles. The van der Waals surface area contributed by atoms with E-state index in [9.17, 15) is 14.4 Å². The Morgan fingerprint density at radius 3 is 2.65 bits per heavy atom. The summed E-state index contributed by atoms with van der Waals surface area (Å²) in [6.45, 7) is 2.41. The maximum absolute atomic E-state index is 12.5. The Labute approximate surface area is 133 Å².